The van der Waals surface area contributed by atoms with Crippen LogP contribution in [0.5, 0.6) is 0 Å². The van der Waals surface area contributed by atoms with Crippen molar-refractivity contribution in [3.63, 3.8) is 0 Å². The SMILES string of the molecule is CC(C)C(=O)C(F)C(=O)c1c(F)cc(F)cc1F. The molecule has 0 radical (unpaired) electrons. The molecule has 0 heterocycles. The van der Waals surface area contributed by atoms with Gasteiger partial charge in [-0.15, -0.1) is 0 Å². The molecule has 0 bridgehead atoms. The van der Waals surface area contributed by atoms with E-state index >= 15 is 0 Å². The van der Waals surface area contributed by atoms with Gasteiger partial charge in [0.2, 0.25) is 12.0 Å². The highest BCUT2D eigenvalue weighted by Gasteiger charge is 2.32. The Hall–Kier alpha value is -1.72. The van der Waals surface area contributed by atoms with E-state index in [1.807, 2.05) is 0 Å². The van der Waals surface area contributed by atoms with Crippen molar-refractivity contribution >= 4 is 11.6 Å². The van der Waals surface area contributed by atoms with Gasteiger partial charge in [0.15, 0.2) is 5.78 Å². The van der Waals surface area contributed by atoms with Crippen molar-refractivity contribution in [2.45, 2.75) is 20.0 Å². The Balaban J connectivity index is 3.16. The van der Waals surface area contributed by atoms with Gasteiger partial charge >= 0.3 is 0 Å². The van der Waals surface area contributed by atoms with Crippen LogP contribution >= 0.6 is 0 Å². The number of ketones is 2. The highest BCUT2D eigenvalue weighted by atomic mass is 19.2. The second kappa shape index (κ2) is 5.29. The van der Waals surface area contributed by atoms with Crippen molar-refractivity contribution < 1.29 is 27.2 Å². The molecule has 1 aromatic carbocycles. The topological polar surface area (TPSA) is 34.1 Å². The predicted molar refractivity (Wildman–Crippen MR) is 55.4 cm³/mol. The van der Waals surface area contributed by atoms with E-state index in [-0.39, 0.29) is 12.1 Å². The quantitative estimate of drug-likeness (QED) is 0.475. The average molecular weight is 262 g/mol. The van der Waals surface area contributed by atoms with Gasteiger partial charge in [-0.05, 0) is 0 Å². The molecule has 0 spiro atoms. The molecule has 0 aliphatic carbocycles. The first-order valence-corrected chi connectivity index (χ1v) is 5.12. The van der Waals surface area contributed by atoms with Gasteiger partial charge in [0, 0.05) is 18.1 Å². The fourth-order valence-corrected chi connectivity index (χ4v) is 1.33. The molecule has 0 aliphatic heterocycles. The molecule has 18 heavy (non-hydrogen) atoms. The number of rotatable bonds is 4. The number of halogens is 4. The standard InChI is InChI=1S/C12H10F4O2/c1-5(2)11(17)10(16)12(18)9-7(14)3-6(13)4-8(9)15/h3-5,10H,1-2H3. The molecular formula is C12H10F4O2. The molecule has 2 nitrogen and oxygen atoms in total. The highest BCUT2D eigenvalue weighted by Crippen LogP contribution is 2.19. The summed E-state index contributed by atoms with van der Waals surface area (Å²) in [5.74, 6) is -7.80. The van der Waals surface area contributed by atoms with E-state index in [4.69, 9.17) is 0 Å². The van der Waals surface area contributed by atoms with Gasteiger partial charge in [-0.2, -0.15) is 0 Å². The average Bonchev–Trinajstić information content (AvgIpc) is 2.25. The van der Waals surface area contributed by atoms with E-state index in [0.29, 0.717) is 0 Å². The minimum Gasteiger partial charge on any atom is -0.296 e. The van der Waals surface area contributed by atoms with Gasteiger partial charge in [-0.3, -0.25) is 9.59 Å². The molecule has 0 saturated heterocycles. The Morgan fingerprint density at radius 2 is 1.50 bits per heavy atom. The van der Waals surface area contributed by atoms with E-state index in [9.17, 15) is 27.2 Å². The molecule has 0 aromatic heterocycles. The second-order valence-corrected chi connectivity index (χ2v) is 4.03. The third-order valence-electron chi connectivity index (χ3n) is 2.30. The molecular weight excluding hydrogens is 252 g/mol. The largest absolute Gasteiger partial charge is 0.296 e. The first kappa shape index (κ1) is 14.3. The van der Waals surface area contributed by atoms with Crippen LogP contribution in [0.4, 0.5) is 17.6 Å². The van der Waals surface area contributed by atoms with Crippen LogP contribution in [0.25, 0.3) is 0 Å². The zero-order valence-electron chi connectivity index (χ0n) is 9.64. The monoisotopic (exact) mass is 262 g/mol. The lowest BCUT2D eigenvalue weighted by molar-refractivity contribution is -0.125. The third kappa shape index (κ3) is 2.75. The number of hydrogen-bond acceptors (Lipinski definition) is 2. The molecule has 0 fully saturated rings. The molecule has 0 amide bonds. The summed E-state index contributed by atoms with van der Waals surface area (Å²) >= 11 is 0. The maximum absolute atomic E-state index is 13.5. The lowest BCUT2D eigenvalue weighted by atomic mass is 9.97. The van der Waals surface area contributed by atoms with Crippen LogP contribution in [0.1, 0.15) is 24.2 Å². The van der Waals surface area contributed by atoms with E-state index in [2.05, 4.69) is 0 Å². The predicted octanol–water partition coefficient (Wildman–Crippen LogP) is 2.85. The molecule has 0 N–H and O–H groups in total. The van der Waals surface area contributed by atoms with Crippen LogP contribution in [0.3, 0.4) is 0 Å². The Labute approximate surface area is 101 Å². The van der Waals surface area contributed by atoms with Crippen molar-refractivity contribution in [2.24, 2.45) is 5.92 Å². The molecule has 0 aliphatic rings. The Morgan fingerprint density at radius 1 is 1.06 bits per heavy atom. The van der Waals surface area contributed by atoms with Gasteiger partial charge in [-0.25, -0.2) is 17.6 Å². The summed E-state index contributed by atoms with van der Waals surface area (Å²) in [5, 5.41) is 0. The van der Waals surface area contributed by atoms with Crippen molar-refractivity contribution in [1.29, 1.82) is 0 Å². The normalized spacial score (nSPS) is 12.6. The maximum Gasteiger partial charge on any atom is 0.221 e. The minimum absolute atomic E-state index is 0.253. The maximum atomic E-state index is 13.5. The van der Waals surface area contributed by atoms with Crippen molar-refractivity contribution in [3.05, 3.63) is 35.1 Å². The molecule has 1 unspecified atom stereocenters. The molecule has 1 rings (SSSR count). The lowest BCUT2D eigenvalue weighted by Gasteiger charge is -2.10. The smallest absolute Gasteiger partial charge is 0.221 e. The Morgan fingerprint density at radius 3 is 1.89 bits per heavy atom. The number of carbonyl (C=O) groups is 2. The highest BCUT2D eigenvalue weighted by molar-refractivity contribution is 6.13. The van der Waals surface area contributed by atoms with Crippen LogP contribution in [-0.2, 0) is 4.79 Å². The van der Waals surface area contributed by atoms with Crippen molar-refractivity contribution in [1.82, 2.24) is 0 Å². The molecule has 0 saturated carbocycles. The third-order valence-corrected chi connectivity index (χ3v) is 2.30. The summed E-state index contributed by atoms with van der Waals surface area (Å²) in [6, 6.07) is 0.506. The second-order valence-electron chi connectivity index (χ2n) is 4.03. The first-order valence-electron chi connectivity index (χ1n) is 5.12. The Kier molecular flexibility index (Phi) is 4.21. The molecule has 1 aromatic rings. The lowest BCUT2D eigenvalue weighted by Crippen LogP contribution is -2.30. The van der Waals surface area contributed by atoms with Crippen LogP contribution in [0, 0.1) is 23.4 Å². The summed E-state index contributed by atoms with van der Waals surface area (Å²) in [6.07, 6.45) is -2.65. The van der Waals surface area contributed by atoms with Crippen molar-refractivity contribution in [2.75, 3.05) is 0 Å². The summed E-state index contributed by atoms with van der Waals surface area (Å²) in [6.45, 7) is 2.69. The minimum atomic E-state index is -2.65. The fraction of sp³-hybridized carbons (Fsp3) is 0.333. The number of benzene rings is 1. The summed E-state index contributed by atoms with van der Waals surface area (Å²) < 4.78 is 52.5. The van der Waals surface area contributed by atoms with Gasteiger partial charge in [-0.1, -0.05) is 13.8 Å². The van der Waals surface area contributed by atoms with Crippen LogP contribution in [0.2, 0.25) is 0 Å². The fourth-order valence-electron chi connectivity index (χ4n) is 1.33. The zero-order valence-corrected chi connectivity index (χ0v) is 9.64. The van der Waals surface area contributed by atoms with Gasteiger partial charge in [0.05, 0.1) is 5.56 Å². The molecule has 6 heteroatoms. The summed E-state index contributed by atoms with van der Waals surface area (Å²) in [7, 11) is 0. The van der Waals surface area contributed by atoms with Gasteiger partial charge in [0.25, 0.3) is 0 Å². The number of hydrogen-bond donors (Lipinski definition) is 0. The molecule has 98 valence electrons. The van der Waals surface area contributed by atoms with E-state index < -0.39 is 46.7 Å². The number of carbonyl (C=O) groups excluding carboxylic acids is 2. The Bertz CT molecular complexity index is 474. The van der Waals surface area contributed by atoms with E-state index in [1.165, 1.54) is 13.8 Å². The van der Waals surface area contributed by atoms with Crippen LogP contribution in [0.15, 0.2) is 12.1 Å². The number of Topliss-reactive ketones (excluding diaryl/α,β-unsaturated/α-hetero) is 2. The van der Waals surface area contributed by atoms with E-state index in [0.717, 1.165) is 0 Å². The molecule has 1 atom stereocenters. The first-order chi connectivity index (χ1) is 8.25. The zero-order chi connectivity index (χ0) is 14.0. The summed E-state index contributed by atoms with van der Waals surface area (Å²) in [4.78, 5) is 22.7. The van der Waals surface area contributed by atoms with Gasteiger partial charge in [0.1, 0.15) is 17.5 Å². The van der Waals surface area contributed by atoms with E-state index in [1.54, 1.807) is 0 Å². The van der Waals surface area contributed by atoms with Crippen LogP contribution < -0.4 is 0 Å². The van der Waals surface area contributed by atoms with Crippen molar-refractivity contribution in [3.8, 4) is 0 Å². The van der Waals surface area contributed by atoms with Gasteiger partial charge < -0.3 is 0 Å². The van der Waals surface area contributed by atoms with Crippen LogP contribution in [-0.4, -0.2) is 17.7 Å². The number of alkyl halides is 1. The summed E-state index contributed by atoms with van der Waals surface area (Å²) in [5.41, 5.74) is -1.24.